The Hall–Kier alpha value is -0.780. The van der Waals surface area contributed by atoms with Crippen LogP contribution in [0.5, 0.6) is 0 Å². The molecular formula is C16H24. The first kappa shape index (κ1) is 11.7. The summed E-state index contributed by atoms with van der Waals surface area (Å²) in [5, 5.41) is 0. The first-order valence-electron chi connectivity index (χ1n) is 6.51. The van der Waals surface area contributed by atoms with Gasteiger partial charge >= 0.3 is 0 Å². The van der Waals surface area contributed by atoms with E-state index in [0.29, 0.717) is 10.8 Å². The second-order valence-electron chi connectivity index (χ2n) is 6.35. The molecule has 0 heterocycles. The fourth-order valence-electron chi connectivity index (χ4n) is 2.97. The third-order valence-corrected chi connectivity index (χ3v) is 4.64. The molecule has 0 aromatic heterocycles. The van der Waals surface area contributed by atoms with Crippen molar-refractivity contribution in [3.63, 3.8) is 0 Å². The van der Waals surface area contributed by atoms with Crippen LogP contribution in [-0.4, -0.2) is 0 Å². The first-order chi connectivity index (χ1) is 7.39. The van der Waals surface area contributed by atoms with Crippen LogP contribution in [-0.2, 0) is 10.8 Å². The highest BCUT2D eigenvalue weighted by molar-refractivity contribution is 5.43. The van der Waals surface area contributed by atoms with E-state index in [4.69, 9.17) is 0 Å². The van der Waals surface area contributed by atoms with Crippen LogP contribution in [0.2, 0.25) is 0 Å². The predicted molar refractivity (Wildman–Crippen MR) is 71.1 cm³/mol. The first-order valence-corrected chi connectivity index (χ1v) is 6.51. The molecule has 0 radical (unpaired) electrons. The van der Waals surface area contributed by atoms with E-state index in [1.165, 1.54) is 24.8 Å². The van der Waals surface area contributed by atoms with Gasteiger partial charge < -0.3 is 0 Å². The zero-order chi connectivity index (χ0) is 12.0. The Balaban J connectivity index is 2.62. The van der Waals surface area contributed by atoms with Crippen LogP contribution in [0.3, 0.4) is 0 Å². The quantitative estimate of drug-likeness (QED) is 0.636. The summed E-state index contributed by atoms with van der Waals surface area (Å²) >= 11 is 0. The van der Waals surface area contributed by atoms with E-state index >= 15 is 0 Å². The highest BCUT2D eigenvalue weighted by Crippen LogP contribution is 2.47. The van der Waals surface area contributed by atoms with Crippen LogP contribution >= 0.6 is 0 Å². The number of benzene rings is 1. The minimum atomic E-state index is 0.357. The number of hydrogen-bond acceptors (Lipinski definition) is 0. The standard InChI is InChI=1S/C16H24/c1-6-16(5)10-9-15(3,4)14-11-12(2)7-8-13(14)16/h7-8,11H,6,9-10H2,1-5H3. The molecule has 2 rings (SSSR count). The molecule has 1 unspecified atom stereocenters. The van der Waals surface area contributed by atoms with Crippen molar-refractivity contribution in [1.29, 1.82) is 0 Å². The number of rotatable bonds is 1. The third kappa shape index (κ3) is 1.69. The Morgan fingerprint density at radius 3 is 2.38 bits per heavy atom. The molecule has 16 heavy (non-hydrogen) atoms. The summed E-state index contributed by atoms with van der Waals surface area (Å²) in [4.78, 5) is 0. The maximum Gasteiger partial charge on any atom is -0.00746 e. The van der Waals surface area contributed by atoms with Crippen LogP contribution in [0.1, 0.15) is 63.6 Å². The van der Waals surface area contributed by atoms with Gasteiger partial charge in [-0.25, -0.2) is 0 Å². The van der Waals surface area contributed by atoms with E-state index in [1.54, 1.807) is 11.1 Å². The van der Waals surface area contributed by atoms with Crippen LogP contribution in [0.25, 0.3) is 0 Å². The molecule has 0 heteroatoms. The lowest BCUT2D eigenvalue weighted by atomic mass is 9.61. The van der Waals surface area contributed by atoms with E-state index < -0.39 is 0 Å². The molecule has 88 valence electrons. The molecule has 0 spiro atoms. The number of aryl methyl sites for hydroxylation is 1. The van der Waals surface area contributed by atoms with Crippen molar-refractivity contribution in [2.75, 3.05) is 0 Å². The topological polar surface area (TPSA) is 0 Å². The molecule has 0 nitrogen and oxygen atoms in total. The van der Waals surface area contributed by atoms with Gasteiger partial charge in [0.05, 0.1) is 0 Å². The molecule has 0 saturated carbocycles. The van der Waals surface area contributed by atoms with Crippen molar-refractivity contribution in [2.24, 2.45) is 0 Å². The summed E-state index contributed by atoms with van der Waals surface area (Å²) in [6.45, 7) is 11.7. The lowest BCUT2D eigenvalue weighted by Crippen LogP contribution is -2.35. The monoisotopic (exact) mass is 216 g/mol. The van der Waals surface area contributed by atoms with E-state index in [0.717, 1.165) is 0 Å². The Morgan fingerprint density at radius 2 is 1.75 bits per heavy atom. The highest BCUT2D eigenvalue weighted by Gasteiger charge is 2.38. The van der Waals surface area contributed by atoms with Gasteiger partial charge in [-0.2, -0.15) is 0 Å². The van der Waals surface area contributed by atoms with Crippen LogP contribution in [0.4, 0.5) is 0 Å². The zero-order valence-corrected chi connectivity index (χ0v) is 11.4. The van der Waals surface area contributed by atoms with Gasteiger partial charge in [0.25, 0.3) is 0 Å². The smallest absolute Gasteiger partial charge is 0.00746 e. The van der Waals surface area contributed by atoms with E-state index in [2.05, 4.69) is 52.8 Å². The molecule has 0 bridgehead atoms. The van der Waals surface area contributed by atoms with Crippen molar-refractivity contribution in [1.82, 2.24) is 0 Å². The molecule has 1 aliphatic rings. The molecule has 0 N–H and O–H groups in total. The van der Waals surface area contributed by atoms with Gasteiger partial charge in [0.15, 0.2) is 0 Å². The lowest BCUT2D eigenvalue weighted by molar-refractivity contribution is 0.305. The summed E-state index contributed by atoms with van der Waals surface area (Å²) in [5.74, 6) is 0. The fourth-order valence-corrected chi connectivity index (χ4v) is 2.97. The maximum atomic E-state index is 2.43. The molecule has 1 aliphatic carbocycles. The van der Waals surface area contributed by atoms with Crippen molar-refractivity contribution in [3.8, 4) is 0 Å². The van der Waals surface area contributed by atoms with E-state index in [1.807, 2.05) is 0 Å². The summed E-state index contributed by atoms with van der Waals surface area (Å²) in [6, 6.07) is 7.05. The maximum absolute atomic E-state index is 2.43. The van der Waals surface area contributed by atoms with E-state index in [-0.39, 0.29) is 0 Å². The Kier molecular flexibility index (Phi) is 2.64. The van der Waals surface area contributed by atoms with Gasteiger partial charge in [-0.3, -0.25) is 0 Å². The van der Waals surface area contributed by atoms with Gasteiger partial charge in [-0.1, -0.05) is 51.5 Å². The molecule has 0 aliphatic heterocycles. The third-order valence-electron chi connectivity index (χ3n) is 4.64. The van der Waals surface area contributed by atoms with Gasteiger partial charge in [0, 0.05) is 0 Å². The predicted octanol–water partition coefficient (Wildman–Crippen LogP) is 4.73. The normalized spacial score (nSPS) is 27.6. The molecular weight excluding hydrogens is 192 g/mol. The fraction of sp³-hybridized carbons (Fsp3) is 0.625. The SMILES string of the molecule is CCC1(C)CCC(C)(C)c2cc(C)ccc21. The summed E-state index contributed by atoms with van der Waals surface area (Å²) < 4.78 is 0. The average Bonchev–Trinajstić information content (AvgIpc) is 2.25. The van der Waals surface area contributed by atoms with Crippen LogP contribution in [0, 0.1) is 6.92 Å². The van der Waals surface area contributed by atoms with Gasteiger partial charge in [0.1, 0.15) is 0 Å². The van der Waals surface area contributed by atoms with Gasteiger partial charge in [-0.05, 0) is 48.1 Å². The van der Waals surface area contributed by atoms with Crippen molar-refractivity contribution < 1.29 is 0 Å². The van der Waals surface area contributed by atoms with Crippen molar-refractivity contribution in [2.45, 2.75) is 64.7 Å². The van der Waals surface area contributed by atoms with Gasteiger partial charge in [-0.15, -0.1) is 0 Å². The molecule has 0 saturated heterocycles. The summed E-state index contributed by atoms with van der Waals surface area (Å²) in [7, 11) is 0. The summed E-state index contributed by atoms with van der Waals surface area (Å²) in [6.07, 6.45) is 3.89. The number of hydrogen-bond donors (Lipinski definition) is 0. The molecule has 0 amide bonds. The molecule has 0 fully saturated rings. The Bertz CT molecular complexity index is 400. The minimum Gasteiger partial charge on any atom is -0.0645 e. The van der Waals surface area contributed by atoms with Crippen LogP contribution in [0.15, 0.2) is 18.2 Å². The van der Waals surface area contributed by atoms with E-state index in [9.17, 15) is 0 Å². The van der Waals surface area contributed by atoms with Crippen LogP contribution < -0.4 is 0 Å². The Labute approximate surface area is 100 Å². The van der Waals surface area contributed by atoms with Crippen molar-refractivity contribution >= 4 is 0 Å². The second kappa shape index (κ2) is 3.61. The summed E-state index contributed by atoms with van der Waals surface area (Å²) in [5.41, 5.74) is 5.33. The lowest BCUT2D eigenvalue weighted by Gasteiger charge is -2.43. The number of fused-ring (bicyclic) bond motifs is 1. The Morgan fingerprint density at radius 1 is 1.06 bits per heavy atom. The highest BCUT2D eigenvalue weighted by atomic mass is 14.4. The molecule has 1 aromatic rings. The second-order valence-corrected chi connectivity index (χ2v) is 6.35. The minimum absolute atomic E-state index is 0.357. The average molecular weight is 216 g/mol. The zero-order valence-electron chi connectivity index (χ0n) is 11.4. The molecule has 1 atom stereocenters. The molecule has 1 aromatic carbocycles. The van der Waals surface area contributed by atoms with Crippen molar-refractivity contribution in [3.05, 3.63) is 34.9 Å². The largest absolute Gasteiger partial charge is 0.0645 e. The van der Waals surface area contributed by atoms with Gasteiger partial charge in [0.2, 0.25) is 0 Å².